The van der Waals surface area contributed by atoms with E-state index in [9.17, 15) is 0 Å². The molecule has 2 heteroatoms. The van der Waals surface area contributed by atoms with Crippen LogP contribution in [0.25, 0.3) is 0 Å². The van der Waals surface area contributed by atoms with E-state index in [0.717, 1.165) is 12.0 Å². The van der Waals surface area contributed by atoms with Gasteiger partial charge in [-0.05, 0) is 56.6 Å². The molecule has 0 aromatic rings. The lowest BCUT2D eigenvalue weighted by Gasteiger charge is -2.30. The highest BCUT2D eigenvalue weighted by molar-refractivity contribution is 7.98. The summed E-state index contributed by atoms with van der Waals surface area (Å²) in [4.78, 5) is 0. The zero-order valence-electron chi connectivity index (χ0n) is 11.1. The Hall–Kier alpha value is 0.310. The molecule has 1 aliphatic rings. The largest absolute Gasteiger partial charge is 0.314 e. The van der Waals surface area contributed by atoms with Gasteiger partial charge in [-0.3, -0.25) is 0 Å². The molecule has 1 atom stereocenters. The van der Waals surface area contributed by atoms with Crippen molar-refractivity contribution in [1.82, 2.24) is 5.32 Å². The van der Waals surface area contributed by atoms with Crippen LogP contribution in [0.3, 0.4) is 0 Å². The first-order valence-electron chi connectivity index (χ1n) is 7.10. The highest BCUT2D eigenvalue weighted by Gasteiger charge is 2.21. The predicted octanol–water partition coefficient (Wildman–Crippen LogP) is 4.08. The summed E-state index contributed by atoms with van der Waals surface area (Å²) in [6, 6.07) is 0.801. The van der Waals surface area contributed by atoms with E-state index in [4.69, 9.17) is 0 Å². The fraction of sp³-hybridized carbons (Fsp3) is 1.00. The molecule has 0 aromatic carbocycles. The number of rotatable bonds is 8. The van der Waals surface area contributed by atoms with Gasteiger partial charge in [-0.15, -0.1) is 0 Å². The summed E-state index contributed by atoms with van der Waals surface area (Å²) in [5, 5.41) is 3.79. The van der Waals surface area contributed by atoms with E-state index < -0.39 is 0 Å². The summed E-state index contributed by atoms with van der Waals surface area (Å²) in [6.45, 7) is 3.57. The molecular weight excluding hydrogens is 214 g/mol. The normalized spacial score (nSPS) is 19.9. The van der Waals surface area contributed by atoms with Gasteiger partial charge >= 0.3 is 0 Å². The van der Waals surface area contributed by atoms with Gasteiger partial charge in [0, 0.05) is 6.04 Å². The van der Waals surface area contributed by atoms with Gasteiger partial charge in [-0.25, -0.2) is 0 Å². The topological polar surface area (TPSA) is 12.0 Å². The third-order valence-corrected chi connectivity index (χ3v) is 4.54. The number of nitrogens with one attached hydrogen (secondary N) is 1. The van der Waals surface area contributed by atoms with Crippen LogP contribution in [0.5, 0.6) is 0 Å². The monoisotopic (exact) mass is 243 g/mol. The molecule has 0 saturated heterocycles. The van der Waals surface area contributed by atoms with Gasteiger partial charge in [0.25, 0.3) is 0 Å². The molecule has 0 amide bonds. The average molecular weight is 243 g/mol. The molecule has 0 bridgehead atoms. The van der Waals surface area contributed by atoms with Gasteiger partial charge in [0.15, 0.2) is 0 Å². The Kier molecular flexibility index (Phi) is 8.40. The molecule has 96 valence electrons. The molecular formula is C14H29NS. The Morgan fingerprint density at radius 3 is 2.56 bits per heavy atom. The Balaban J connectivity index is 2.10. The molecule has 16 heavy (non-hydrogen) atoms. The third-order valence-electron chi connectivity index (χ3n) is 3.84. The fourth-order valence-electron chi connectivity index (χ4n) is 2.84. The van der Waals surface area contributed by atoms with E-state index in [1.807, 2.05) is 11.8 Å². The van der Waals surface area contributed by atoms with E-state index >= 15 is 0 Å². The second-order valence-corrected chi connectivity index (χ2v) is 6.05. The predicted molar refractivity (Wildman–Crippen MR) is 76.3 cm³/mol. The summed E-state index contributed by atoms with van der Waals surface area (Å²) in [5.74, 6) is 2.29. The Morgan fingerprint density at radius 1 is 1.19 bits per heavy atom. The highest BCUT2D eigenvalue weighted by Crippen LogP contribution is 2.27. The lowest BCUT2D eigenvalue weighted by atomic mass is 9.83. The maximum absolute atomic E-state index is 3.79. The van der Waals surface area contributed by atoms with Crippen LogP contribution in [-0.4, -0.2) is 24.6 Å². The minimum atomic E-state index is 0.801. The van der Waals surface area contributed by atoms with Crippen molar-refractivity contribution in [3.63, 3.8) is 0 Å². The highest BCUT2D eigenvalue weighted by atomic mass is 32.2. The standard InChI is InChI=1S/C14H29NS/c1-3-14(13-9-5-4-6-10-13)15-11-7-8-12-16-2/h13-15H,3-12H2,1-2H3. The number of unbranched alkanes of at least 4 members (excludes halogenated alkanes) is 1. The van der Waals surface area contributed by atoms with Crippen LogP contribution >= 0.6 is 11.8 Å². The van der Waals surface area contributed by atoms with Gasteiger partial charge in [0.05, 0.1) is 0 Å². The number of hydrogen-bond acceptors (Lipinski definition) is 2. The van der Waals surface area contributed by atoms with Crippen molar-refractivity contribution in [3.8, 4) is 0 Å². The summed E-state index contributed by atoms with van der Waals surface area (Å²) in [7, 11) is 0. The number of hydrogen-bond donors (Lipinski definition) is 1. The SMILES string of the molecule is CCC(NCCCCSC)C1CCCCC1. The molecule has 0 aromatic heterocycles. The van der Waals surface area contributed by atoms with Crippen molar-refractivity contribution in [2.24, 2.45) is 5.92 Å². The van der Waals surface area contributed by atoms with Gasteiger partial charge < -0.3 is 5.32 Å². The molecule has 1 unspecified atom stereocenters. The summed E-state index contributed by atoms with van der Waals surface area (Å²) in [5.41, 5.74) is 0. The van der Waals surface area contributed by atoms with Crippen molar-refractivity contribution in [3.05, 3.63) is 0 Å². The zero-order valence-corrected chi connectivity index (χ0v) is 12.0. The third kappa shape index (κ3) is 5.58. The minimum absolute atomic E-state index is 0.801. The molecule has 1 saturated carbocycles. The van der Waals surface area contributed by atoms with Crippen LogP contribution in [0.1, 0.15) is 58.3 Å². The molecule has 1 nitrogen and oxygen atoms in total. The lowest BCUT2D eigenvalue weighted by Crippen LogP contribution is -2.37. The first-order chi connectivity index (χ1) is 7.88. The molecule has 0 spiro atoms. The molecule has 0 radical (unpaired) electrons. The summed E-state index contributed by atoms with van der Waals surface area (Å²) < 4.78 is 0. The second kappa shape index (κ2) is 9.35. The first kappa shape index (κ1) is 14.4. The maximum Gasteiger partial charge on any atom is 0.00926 e. The molecule has 0 aliphatic heterocycles. The fourth-order valence-corrected chi connectivity index (χ4v) is 3.33. The second-order valence-electron chi connectivity index (χ2n) is 5.07. The molecule has 0 heterocycles. The van der Waals surface area contributed by atoms with E-state index in [0.29, 0.717) is 0 Å². The Labute approximate surface area is 106 Å². The minimum Gasteiger partial charge on any atom is -0.314 e. The van der Waals surface area contributed by atoms with Gasteiger partial charge in [0.1, 0.15) is 0 Å². The van der Waals surface area contributed by atoms with Crippen molar-refractivity contribution in [1.29, 1.82) is 0 Å². The lowest BCUT2D eigenvalue weighted by molar-refractivity contribution is 0.262. The van der Waals surface area contributed by atoms with Crippen LogP contribution in [0.4, 0.5) is 0 Å². The van der Waals surface area contributed by atoms with Gasteiger partial charge in [-0.1, -0.05) is 26.2 Å². The molecule has 1 aliphatic carbocycles. The van der Waals surface area contributed by atoms with Crippen LogP contribution in [-0.2, 0) is 0 Å². The quantitative estimate of drug-likeness (QED) is 0.645. The summed E-state index contributed by atoms with van der Waals surface area (Å²) >= 11 is 1.97. The first-order valence-corrected chi connectivity index (χ1v) is 8.50. The number of thioether (sulfide) groups is 1. The van der Waals surface area contributed by atoms with Crippen molar-refractivity contribution in [2.75, 3.05) is 18.6 Å². The average Bonchev–Trinajstić information content (AvgIpc) is 2.35. The maximum atomic E-state index is 3.79. The Morgan fingerprint density at radius 2 is 1.94 bits per heavy atom. The van der Waals surface area contributed by atoms with Crippen molar-refractivity contribution >= 4 is 11.8 Å². The van der Waals surface area contributed by atoms with Gasteiger partial charge in [0.2, 0.25) is 0 Å². The molecule has 1 N–H and O–H groups in total. The smallest absolute Gasteiger partial charge is 0.00926 e. The van der Waals surface area contributed by atoms with Crippen LogP contribution < -0.4 is 5.32 Å². The molecule has 1 rings (SSSR count). The van der Waals surface area contributed by atoms with Crippen LogP contribution in [0, 0.1) is 5.92 Å². The summed E-state index contributed by atoms with van der Waals surface area (Å²) in [6.07, 6.45) is 13.6. The van der Waals surface area contributed by atoms with E-state index in [2.05, 4.69) is 18.5 Å². The van der Waals surface area contributed by atoms with E-state index in [1.54, 1.807) is 0 Å². The van der Waals surface area contributed by atoms with Crippen LogP contribution in [0.2, 0.25) is 0 Å². The van der Waals surface area contributed by atoms with E-state index in [1.165, 1.54) is 63.7 Å². The van der Waals surface area contributed by atoms with Crippen LogP contribution in [0.15, 0.2) is 0 Å². The Bertz CT molecular complexity index is 155. The van der Waals surface area contributed by atoms with E-state index in [-0.39, 0.29) is 0 Å². The zero-order chi connectivity index (χ0) is 11.6. The van der Waals surface area contributed by atoms with Crippen molar-refractivity contribution < 1.29 is 0 Å². The van der Waals surface area contributed by atoms with Gasteiger partial charge in [-0.2, -0.15) is 11.8 Å². The van der Waals surface area contributed by atoms with Crippen molar-refractivity contribution in [2.45, 2.75) is 64.3 Å². The molecule has 1 fully saturated rings.